The van der Waals surface area contributed by atoms with Gasteiger partial charge in [0.25, 0.3) is 0 Å². The second kappa shape index (κ2) is 6.70. The van der Waals surface area contributed by atoms with Gasteiger partial charge in [-0.3, -0.25) is 0 Å². The third kappa shape index (κ3) is 3.98. The molecule has 0 aliphatic heterocycles. The van der Waals surface area contributed by atoms with Crippen molar-refractivity contribution in [2.75, 3.05) is 6.54 Å². The maximum absolute atomic E-state index is 9.38. The fourth-order valence-corrected chi connectivity index (χ4v) is 2.19. The third-order valence-corrected chi connectivity index (χ3v) is 3.35. The maximum Gasteiger partial charge on any atom is 0.156 e. The van der Waals surface area contributed by atoms with Crippen molar-refractivity contribution >= 4 is 5.84 Å². The largest absolute Gasteiger partial charge is 0.409 e. The van der Waals surface area contributed by atoms with Crippen molar-refractivity contribution in [3.05, 3.63) is 0 Å². The smallest absolute Gasteiger partial charge is 0.156 e. The zero-order chi connectivity index (χ0) is 12.0. The van der Waals surface area contributed by atoms with Crippen LogP contribution in [0, 0.1) is 5.92 Å². The summed E-state index contributed by atoms with van der Waals surface area (Å²) in [5, 5.41) is 24.3. The fraction of sp³-hybridized carbons (Fsp3) is 0.909. The van der Waals surface area contributed by atoms with Crippen molar-refractivity contribution in [2.45, 2.75) is 51.2 Å². The van der Waals surface area contributed by atoms with Gasteiger partial charge in [-0.15, -0.1) is 0 Å². The van der Waals surface area contributed by atoms with Gasteiger partial charge < -0.3 is 21.4 Å². The molecule has 0 saturated heterocycles. The molecule has 5 nitrogen and oxygen atoms in total. The molecule has 0 aromatic heterocycles. The topological polar surface area (TPSA) is 90.9 Å². The molecule has 94 valence electrons. The fourth-order valence-electron chi connectivity index (χ4n) is 2.19. The number of nitrogens with one attached hydrogen (secondary N) is 1. The van der Waals surface area contributed by atoms with Crippen LogP contribution in [-0.2, 0) is 0 Å². The van der Waals surface area contributed by atoms with Crippen LogP contribution in [0.4, 0.5) is 0 Å². The summed E-state index contributed by atoms with van der Waals surface area (Å²) in [5.41, 5.74) is 5.56. The van der Waals surface area contributed by atoms with Crippen LogP contribution < -0.4 is 11.1 Å². The Morgan fingerprint density at radius 1 is 1.44 bits per heavy atom. The van der Waals surface area contributed by atoms with E-state index in [1.54, 1.807) is 0 Å². The number of hydrogen-bond donors (Lipinski definition) is 4. The lowest BCUT2D eigenvalue weighted by Crippen LogP contribution is -2.43. The minimum Gasteiger partial charge on any atom is -0.409 e. The standard InChI is InChI=1S/C11H23N3O2/c1-2-10(11(12)14-16)13-7-8-3-5-9(15)6-4-8/h8-10,13,15-16H,2-7H2,1H3,(H2,12,14). The maximum atomic E-state index is 9.38. The van der Waals surface area contributed by atoms with Crippen molar-refractivity contribution < 1.29 is 10.3 Å². The van der Waals surface area contributed by atoms with Crippen LogP contribution >= 0.6 is 0 Å². The van der Waals surface area contributed by atoms with E-state index in [1.165, 1.54) is 0 Å². The summed E-state index contributed by atoms with van der Waals surface area (Å²) in [6.07, 6.45) is 4.61. The molecule has 1 unspecified atom stereocenters. The van der Waals surface area contributed by atoms with E-state index >= 15 is 0 Å². The van der Waals surface area contributed by atoms with Crippen LogP contribution in [0.25, 0.3) is 0 Å². The first-order valence-electron chi connectivity index (χ1n) is 6.06. The second-order valence-corrected chi connectivity index (χ2v) is 4.57. The highest BCUT2D eigenvalue weighted by atomic mass is 16.4. The Morgan fingerprint density at radius 2 is 2.06 bits per heavy atom. The number of oxime groups is 1. The SMILES string of the molecule is CCC(NCC1CCC(O)CC1)C(N)=NO. The molecule has 1 rings (SSSR count). The number of amidine groups is 1. The van der Waals surface area contributed by atoms with Crippen molar-refractivity contribution in [3.63, 3.8) is 0 Å². The molecular weight excluding hydrogens is 206 g/mol. The van der Waals surface area contributed by atoms with Crippen LogP contribution in [0.3, 0.4) is 0 Å². The van der Waals surface area contributed by atoms with Crippen LogP contribution in [0.5, 0.6) is 0 Å². The molecule has 5 N–H and O–H groups in total. The molecule has 1 aliphatic carbocycles. The van der Waals surface area contributed by atoms with Crippen LogP contribution in [-0.4, -0.2) is 34.8 Å². The summed E-state index contributed by atoms with van der Waals surface area (Å²) < 4.78 is 0. The van der Waals surface area contributed by atoms with Crippen molar-refractivity contribution in [3.8, 4) is 0 Å². The predicted octanol–water partition coefficient (Wildman–Crippen LogP) is 0.652. The van der Waals surface area contributed by atoms with E-state index in [-0.39, 0.29) is 18.0 Å². The molecule has 0 radical (unpaired) electrons. The lowest BCUT2D eigenvalue weighted by atomic mass is 9.87. The normalized spacial score (nSPS) is 29.0. The monoisotopic (exact) mass is 229 g/mol. The van der Waals surface area contributed by atoms with Gasteiger partial charge in [0, 0.05) is 0 Å². The molecule has 0 aromatic carbocycles. The second-order valence-electron chi connectivity index (χ2n) is 4.57. The number of rotatable bonds is 5. The first-order valence-corrected chi connectivity index (χ1v) is 6.06. The van der Waals surface area contributed by atoms with Gasteiger partial charge in [0.05, 0.1) is 12.1 Å². The van der Waals surface area contributed by atoms with E-state index in [1.807, 2.05) is 6.92 Å². The Morgan fingerprint density at radius 3 is 2.56 bits per heavy atom. The van der Waals surface area contributed by atoms with Gasteiger partial charge in [-0.05, 0) is 44.6 Å². The molecule has 1 saturated carbocycles. The summed E-state index contributed by atoms with van der Waals surface area (Å²) in [7, 11) is 0. The molecule has 0 amide bonds. The zero-order valence-electron chi connectivity index (χ0n) is 9.89. The number of aliphatic hydroxyl groups is 1. The summed E-state index contributed by atoms with van der Waals surface area (Å²) in [6, 6.07) is -0.0446. The number of nitrogens with two attached hydrogens (primary N) is 1. The summed E-state index contributed by atoms with van der Waals surface area (Å²) in [4.78, 5) is 0. The van der Waals surface area contributed by atoms with E-state index in [9.17, 15) is 5.11 Å². The van der Waals surface area contributed by atoms with Gasteiger partial charge in [-0.1, -0.05) is 12.1 Å². The molecule has 1 fully saturated rings. The van der Waals surface area contributed by atoms with E-state index < -0.39 is 0 Å². The number of hydrogen-bond acceptors (Lipinski definition) is 4. The highest BCUT2D eigenvalue weighted by molar-refractivity contribution is 5.85. The average Bonchev–Trinajstić information content (AvgIpc) is 2.31. The van der Waals surface area contributed by atoms with E-state index in [4.69, 9.17) is 10.9 Å². The van der Waals surface area contributed by atoms with Crippen molar-refractivity contribution in [1.29, 1.82) is 0 Å². The van der Waals surface area contributed by atoms with Gasteiger partial charge in [0.15, 0.2) is 5.84 Å². The summed E-state index contributed by atoms with van der Waals surface area (Å²) >= 11 is 0. The van der Waals surface area contributed by atoms with Crippen LogP contribution in [0.2, 0.25) is 0 Å². The Labute approximate surface area is 96.7 Å². The van der Waals surface area contributed by atoms with Gasteiger partial charge in [0.2, 0.25) is 0 Å². The zero-order valence-corrected chi connectivity index (χ0v) is 9.89. The molecule has 1 aliphatic rings. The first kappa shape index (κ1) is 13.3. The van der Waals surface area contributed by atoms with Gasteiger partial charge in [-0.2, -0.15) is 0 Å². The van der Waals surface area contributed by atoms with Crippen LogP contribution in [0.15, 0.2) is 5.16 Å². The van der Waals surface area contributed by atoms with Crippen LogP contribution in [0.1, 0.15) is 39.0 Å². The molecule has 0 bridgehead atoms. The highest BCUT2D eigenvalue weighted by Crippen LogP contribution is 2.23. The predicted molar refractivity (Wildman–Crippen MR) is 63.5 cm³/mol. The summed E-state index contributed by atoms with van der Waals surface area (Å²) in [6.45, 7) is 2.88. The Hall–Kier alpha value is -0.810. The van der Waals surface area contributed by atoms with E-state index in [2.05, 4.69) is 10.5 Å². The molecule has 0 heterocycles. The number of nitrogens with zero attached hydrogens (tertiary/aromatic N) is 1. The lowest BCUT2D eigenvalue weighted by Gasteiger charge is -2.27. The Kier molecular flexibility index (Phi) is 5.55. The molecule has 1 atom stereocenters. The molecule has 0 spiro atoms. The highest BCUT2D eigenvalue weighted by Gasteiger charge is 2.20. The quantitative estimate of drug-likeness (QED) is 0.241. The minimum atomic E-state index is -0.109. The third-order valence-electron chi connectivity index (χ3n) is 3.35. The first-order chi connectivity index (χ1) is 7.67. The molecule has 0 aromatic rings. The molecule has 16 heavy (non-hydrogen) atoms. The lowest BCUT2D eigenvalue weighted by molar-refractivity contribution is 0.108. The van der Waals surface area contributed by atoms with Crippen molar-refractivity contribution in [1.82, 2.24) is 5.32 Å². The molecular formula is C11H23N3O2. The van der Waals surface area contributed by atoms with Crippen molar-refractivity contribution in [2.24, 2.45) is 16.8 Å². The van der Waals surface area contributed by atoms with Gasteiger partial charge in [-0.25, -0.2) is 0 Å². The molecule has 5 heteroatoms. The Balaban J connectivity index is 2.27. The average molecular weight is 229 g/mol. The van der Waals surface area contributed by atoms with Gasteiger partial charge >= 0.3 is 0 Å². The number of aliphatic hydroxyl groups excluding tert-OH is 1. The Bertz CT molecular complexity index is 225. The van der Waals surface area contributed by atoms with E-state index in [0.29, 0.717) is 5.92 Å². The van der Waals surface area contributed by atoms with E-state index in [0.717, 1.165) is 38.6 Å². The summed E-state index contributed by atoms with van der Waals surface area (Å²) in [5.74, 6) is 0.849. The minimum absolute atomic E-state index is 0.0446. The van der Waals surface area contributed by atoms with Gasteiger partial charge in [0.1, 0.15) is 0 Å².